The lowest BCUT2D eigenvalue weighted by molar-refractivity contribution is -0.138. The lowest BCUT2D eigenvalue weighted by Crippen LogP contribution is -2.56. The van der Waals surface area contributed by atoms with Crippen LogP contribution in [0.1, 0.15) is 109 Å². The number of carbonyl (C=O) groups excluding carboxylic acids is 3. The van der Waals surface area contributed by atoms with Crippen LogP contribution in [-0.2, 0) is 30.4 Å². The lowest BCUT2D eigenvalue weighted by Gasteiger charge is -2.31. The average molecular weight is 749 g/mol. The Kier molecular flexibility index (Phi) is 19.6. The number of hydrogen-bond acceptors (Lipinski definition) is 9. The number of rotatable bonds is 24. The van der Waals surface area contributed by atoms with Crippen molar-refractivity contribution in [2.75, 3.05) is 38.9 Å². The second kappa shape index (κ2) is 23.3. The third-order valence-electron chi connectivity index (χ3n) is 9.15. The van der Waals surface area contributed by atoms with Crippen molar-refractivity contribution in [1.82, 2.24) is 20.5 Å². The van der Waals surface area contributed by atoms with Crippen molar-refractivity contribution < 1.29 is 29.0 Å². The van der Waals surface area contributed by atoms with Crippen molar-refractivity contribution in [2.24, 2.45) is 5.41 Å². The SMILES string of the molecule is Cc1ncsc1-c1ccc(CN2C[C@H](O)C[C@H]2C(=O)NC(=O)[C@@H](NC(=O)CCCCCOCCCCCOCCCCCCCl)C(C)(C)C)cc1. The van der Waals surface area contributed by atoms with Gasteiger partial charge >= 0.3 is 0 Å². The number of benzene rings is 1. The molecule has 0 aliphatic carbocycles. The first-order valence-corrected chi connectivity index (χ1v) is 20.2. The van der Waals surface area contributed by atoms with Crippen LogP contribution in [0.15, 0.2) is 29.8 Å². The van der Waals surface area contributed by atoms with Gasteiger partial charge in [-0.15, -0.1) is 22.9 Å². The molecular weight excluding hydrogens is 688 g/mol. The number of β-amino-alcohol motifs (C(OH)–C–C–N with tert-alkyl or cyclic N) is 1. The summed E-state index contributed by atoms with van der Waals surface area (Å²) in [5.41, 5.74) is 4.30. The lowest BCUT2D eigenvalue weighted by atomic mass is 9.86. The molecule has 1 fully saturated rings. The largest absolute Gasteiger partial charge is 0.392 e. The molecule has 1 aliphatic heterocycles. The third kappa shape index (κ3) is 16.0. The van der Waals surface area contributed by atoms with E-state index >= 15 is 0 Å². The number of imide groups is 1. The number of halogens is 1. The van der Waals surface area contributed by atoms with Gasteiger partial charge in [-0.3, -0.25) is 24.6 Å². The smallest absolute Gasteiger partial charge is 0.249 e. The number of carbonyl (C=O) groups is 3. The molecule has 0 unspecified atom stereocenters. The Hall–Kier alpha value is -2.41. The van der Waals surface area contributed by atoms with Crippen molar-refractivity contribution >= 4 is 40.7 Å². The van der Waals surface area contributed by atoms with Gasteiger partial charge in [0.2, 0.25) is 17.7 Å². The van der Waals surface area contributed by atoms with E-state index in [0.717, 1.165) is 92.3 Å². The number of aliphatic hydroxyl groups is 1. The molecule has 0 bridgehead atoms. The van der Waals surface area contributed by atoms with Gasteiger partial charge in [-0.1, -0.05) is 64.3 Å². The fourth-order valence-electron chi connectivity index (χ4n) is 6.20. The molecule has 3 N–H and O–H groups in total. The molecule has 1 saturated heterocycles. The van der Waals surface area contributed by atoms with Gasteiger partial charge in [0.25, 0.3) is 0 Å². The Morgan fingerprint density at radius 3 is 2.10 bits per heavy atom. The van der Waals surface area contributed by atoms with Gasteiger partial charge < -0.3 is 19.9 Å². The highest BCUT2D eigenvalue weighted by Crippen LogP contribution is 2.28. The quantitative estimate of drug-likeness (QED) is 0.0791. The summed E-state index contributed by atoms with van der Waals surface area (Å²) in [6.45, 7) is 11.4. The molecule has 0 saturated carbocycles. The molecule has 0 spiro atoms. The number of ether oxygens (including phenoxy) is 2. The maximum atomic E-state index is 13.4. The summed E-state index contributed by atoms with van der Waals surface area (Å²) in [4.78, 5) is 47.0. The van der Waals surface area contributed by atoms with Gasteiger partial charge in [-0.2, -0.15) is 0 Å². The molecule has 3 rings (SSSR count). The molecule has 1 aromatic carbocycles. The van der Waals surface area contributed by atoms with E-state index in [1.807, 2.05) is 62.4 Å². The van der Waals surface area contributed by atoms with Crippen LogP contribution in [0.5, 0.6) is 0 Å². The minimum atomic E-state index is -0.883. The van der Waals surface area contributed by atoms with Crippen molar-refractivity contribution in [3.63, 3.8) is 0 Å². The topological polar surface area (TPSA) is 130 Å². The van der Waals surface area contributed by atoms with Gasteiger partial charge in [0.05, 0.1) is 28.2 Å². The number of nitrogens with zero attached hydrogens (tertiary/aromatic N) is 2. The van der Waals surface area contributed by atoms with Crippen LogP contribution in [0.25, 0.3) is 10.4 Å². The Labute approximate surface area is 314 Å². The van der Waals surface area contributed by atoms with E-state index < -0.39 is 35.4 Å². The Morgan fingerprint density at radius 1 is 0.941 bits per heavy atom. The molecule has 2 heterocycles. The Balaban J connectivity index is 1.32. The number of aryl methyl sites for hydroxylation is 1. The zero-order valence-electron chi connectivity index (χ0n) is 31.2. The number of amides is 3. The summed E-state index contributed by atoms with van der Waals surface area (Å²) in [7, 11) is 0. The van der Waals surface area contributed by atoms with Crippen LogP contribution in [0, 0.1) is 12.3 Å². The molecule has 0 radical (unpaired) electrons. The maximum Gasteiger partial charge on any atom is 0.249 e. The predicted molar refractivity (Wildman–Crippen MR) is 205 cm³/mol. The van der Waals surface area contributed by atoms with Gasteiger partial charge in [-0.25, -0.2) is 4.98 Å². The Bertz CT molecular complexity index is 1320. The highest BCUT2D eigenvalue weighted by molar-refractivity contribution is 7.13. The summed E-state index contributed by atoms with van der Waals surface area (Å²) in [5, 5.41) is 15.9. The van der Waals surface area contributed by atoms with Crippen LogP contribution in [0.4, 0.5) is 0 Å². The number of hydrogen-bond donors (Lipinski definition) is 3. The van der Waals surface area contributed by atoms with Crippen LogP contribution in [0.3, 0.4) is 0 Å². The summed E-state index contributed by atoms with van der Waals surface area (Å²) in [5.74, 6) is -0.475. The monoisotopic (exact) mass is 748 g/mol. The molecule has 2 aromatic rings. The first-order valence-electron chi connectivity index (χ1n) is 18.8. The zero-order chi connectivity index (χ0) is 37.1. The first-order chi connectivity index (χ1) is 24.5. The van der Waals surface area contributed by atoms with E-state index in [0.29, 0.717) is 32.5 Å². The molecule has 1 aliphatic rings. The predicted octanol–water partition coefficient (Wildman–Crippen LogP) is 6.79. The number of thiazole rings is 1. The molecule has 51 heavy (non-hydrogen) atoms. The van der Waals surface area contributed by atoms with E-state index in [2.05, 4.69) is 15.6 Å². The van der Waals surface area contributed by atoms with Crippen LogP contribution < -0.4 is 10.6 Å². The molecule has 3 amide bonds. The standard InChI is InChI=1S/C39H61ClN4O6S/c1-29-35(51-28-41-29)31-18-16-30(17-19-31)26-44-27-32(45)25-33(44)37(47)43-38(48)36(39(2,3)4)42-34(46)15-9-7-12-22-50-24-14-8-13-23-49-21-11-6-5-10-20-40/h16-19,28,32-33,36,45H,5-15,20-27H2,1-4H3,(H,42,46)(H,43,47,48)/t32-,33+,36-/m1/s1. The van der Waals surface area contributed by atoms with E-state index in [9.17, 15) is 19.5 Å². The number of likely N-dealkylation sites (tertiary alicyclic amines) is 1. The zero-order valence-corrected chi connectivity index (χ0v) is 32.8. The highest BCUT2D eigenvalue weighted by atomic mass is 35.5. The molecule has 10 nitrogen and oxygen atoms in total. The van der Waals surface area contributed by atoms with Gasteiger partial charge in [0.1, 0.15) is 6.04 Å². The fraction of sp³-hybridized carbons (Fsp3) is 0.692. The van der Waals surface area contributed by atoms with Crippen molar-refractivity contribution in [2.45, 2.75) is 129 Å². The first kappa shape index (κ1) is 43.0. The van der Waals surface area contributed by atoms with E-state index in [-0.39, 0.29) is 12.3 Å². The minimum absolute atomic E-state index is 0.217. The fourth-order valence-corrected chi connectivity index (χ4v) is 7.20. The van der Waals surface area contributed by atoms with Gasteiger partial charge in [0, 0.05) is 51.8 Å². The Morgan fingerprint density at radius 2 is 1.53 bits per heavy atom. The summed E-state index contributed by atoms with van der Waals surface area (Å²) < 4.78 is 11.4. The van der Waals surface area contributed by atoms with E-state index in [1.165, 1.54) is 12.8 Å². The van der Waals surface area contributed by atoms with Crippen molar-refractivity contribution in [3.8, 4) is 10.4 Å². The van der Waals surface area contributed by atoms with Crippen LogP contribution in [0.2, 0.25) is 0 Å². The normalized spacial score (nSPS) is 17.1. The second-order valence-electron chi connectivity index (χ2n) is 14.7. The number of nitrogens with one attached hydrogen (secondary N) is 2. The van der Waals surface area contributed by atoms with Crippen LogP contribution in [-0.4, -0.2) is 89.8 Å². The number of unbranched alkanes of at least 4 members (excludes halogenated alkanes) is 7. The van der Waals surface area contributed by atoms with Crippen molar-refractivity contribution in [3.05, 3.63) is 41.0 Å². The van der Waals surface area contributed by atoms with Crippen molar-refractivity contribution in [1.29, 1.82) is 0 Å². The van der Waals surface area contributed by atoms with Gasteiger partial charge in [-0.05, 0) is 74.8 Å². The molecule has 1 aromatic heterocycles. The molecule has 3 atom stereocenters. The number of aromatic nitrogens is 1. The highest BCUT2D eigenvalue weighted by Gasteiger charge is 2.39. The van der Waals surface area contributed by atoms with E-state index in [4.69, 9.17) is 21.1 Å². The third-order valence-corrected chi connectivity index (χ3v) is 10.4. The molecular formula is C39H61ClN4O6S. The summed E-state index contributed by atoms with van der Waals surface area (Å²) >= 11 is 7.29. The summed E-state index contributed by atoms with van der Waals surface area (Å²) in [6.07, 6.45) is 9.98. The van der Waals surface area contributed by atoms with Crippen LogP contribution >= 0.6 is 22.9 Å². The maximum absolute atomic E-state index is 13.4. The van der Waals surface area contributed by atoms with Gasteiger partial charge in [0.15, 0.2) is 0 Å². The molecule has 286 valence electrons. The van der Waals surface area contributed by atoms with E-state index in [1.54, 1.807) is 11.3 Å². The minimum Gasteiger partial charge on any atom is -0.392 e. The average Bonchev–Trinajstić information content (AvgIpc) is 3.69. The number of alkyl halides is 1. The molecule has 12 heteroatoms. The number of aliphatic hydroxyl groups excluding tert-OH is 1. The summed E-state index contributed by atoms with van der Waals surface area (Å²) in [6, 6.07) is 6.58. The second-order valence-corrected chi connectivity index (χ2v) is 16.0.